The minimum absolute atomic E-state index is 0.716. The lowest BCUT2D eigenvalue weighted by Crippen LogP contribution is -2.37. The van der Waals surface area contributed by atoms with E-state index in [1.807, 2.05) is 12.1 Å². The van der Waals surface area contributed by atoms with E-state index >= 15 is 0 Å². The highest BCUT2D eigenvalue weighted by molar-refractivity contribution is 5.53. The number of hydrogen-bond donors (Lipinski definition) is 1. The zero-order valence-corrected chi connectivity index (χ0v) is 13.2. The van der Waals surface area contributed by atoms with Crippen LogP contribution in [0.5, 0.6) is 0 Å². The third kappa shape index (κ3) is 3.66. The van der Waals surface area contributed by atoms with Gasteiger partial charge in [-0.05, 0) is 57.1 Å². The molecule has 1 saturated heterocycles. The Morgan fingerprint density at radius 3 is 2.60 bits per heavy atom. The Balaban J connectivity index is 1.97. The van der Waals surface area contributed by atoms with Crippen LogP contribution < -0.4 is 10.6 Å². The number of rotatable bonds is 6. The molecule has 1 fully saturated rings. The Morgan fingerprint density at radius 1 is 1.30 bits per heavy atom. The van der Waals surface area contributed by atoms with Crippen LogP contribution in [0, 0.1) is 5.92 Å². The predicted molar refractivity (Wildman–Crippen MR) is 88.2 cm³/mol. The Bertz CT molecular complexity index is 399. The van der Waals surface area contributed by atoms with Crippen LogP contribution in [0.1, 0.15) is 32.6 Å². The van der Waals surface area contributed by atoms with Gasteiger partial charge in [-0.25, -0.2) is 0 Å². The average Bonchev–Trinajstić information content (AvgIpc) is 2.89. The predicted octanol–water partition coefficient (Wildman–Crippen LogP) is 3.22. The lowest BCUT2D eigenvalue weighted by Gasteiger charge is -2.30. The molecule has 2 rings (SSSR count). The number of unbranched alkanes of at least 4 members (excludes halogenated alkanes) is 1. The quantitative estimate of drug-likeness (QED) is 0.809. The molecule has 3 nitrogen and oxygen atoms in total. The van der Waals surface area contributed by atoms with Crippen LogP contribution in [0.25, 0.3) is 0 Å². The number of anilines is 2. The maximum absolute atomic E-state index is 5.77. The fourth-order valence-electron chi connectivity index (χ4n) is 3.35. The molecule has 20 heavy (non-hydrogen) atoms. The van der Waals surface area contributed by atoms with E-state index in [1.165, 1.54) is 44.5 Å². The van der Waals surface area contributed by atoms with Crippen LogP contribution in [-0.2, 0) is 0 Å². The van der Waals surface area contributed by atoms with E-state index in [2.05, 4.69) is 43.0 Å². The molecule has 2 atom stereocenters. The summed E-state index contributed by atoms with van der Waals surface area (Å²) in [5, 5.41) is 0. The van der Waals surface area contributed by atoms with Gasteiger partial charge in [0.2, 0.25) is 0 Å². The highest BCUT2D eigenvalue weighted by Crippen LogP contribution is 2.29. The highest BCUT2D eigenvalue weighted by atomic mass is 15.2. The van der Waals surface area contributed by atoms with E-state index in [1.54, 1.807) is 0 Å². The fourth-order valence-corrected chi connectivity index (χ4v) is 3.35. The second-order valence-electron chi connectivity index (χ2n) is 6.26. The first kappa shape index (κ1) is 15.2. The van der Waals surface area contributed by atoms with Gasteiger partial charge in [-0.1, -0.05) is 19.8 Å². The maximum Gasteiger partial charge on any atom is 0.0367 e. The summed E-state index contributed by atoms with van der Waals surface area (Å²) in [6.07, 6.45) is 5.25. The van der Waals surface area contributed by atoms with Crippen molar-refractivity contribution in [2.24, 2.45) is 5.92 Å². The largest absolute Gasteiger partial charge is 0.399 e. The van der Waals surface area contributed by atoms with Gasteiger partial charge in [0.25, 0.3) is 0 Å². The number of hydrogen-bond acceptors (Lipinski definition) is 3. The zero-order valence-electron chi connectivity index (χ0n) is 13.2. The van der Waals surface area contributed by atoms with E-state index in [0.717, 1.165) is 11.6 Å². The lowest BCUT2D eigenvalue weighted by atomic mass is 9.93. The molecule has 0 radical (unpaired) electrons. The van der Waals surface area contributed by atoms with E-state index in [4.69, 9.17) is 5.73 Å². The summed E-state index contributed by atoms with van der Waals surface area (Å²) < 4.78 is 0. The number of nitrogens with zero attached hydrogens (tertiary/aromatic N) is 2. The standard InChI is InChI=1S/C17H29N3/c1-4-5-6-17(19(2)3)14-11-12-20(13-14)16-9-7-15(18)8-10-16/h7-10,14,17H,4-6,11-13,18H2,1-3H3. The highest BCUT2D eigenvalue weighted by Gasteiger charge is 2.30. The third-order valence-corrected chi connectivity index (χ3v) is 4.54. The normalized spacial score (nSPS) is 20.6. The molecule has 1 aliphatic heterocycles. The van der Waals surface area contributed by atoms with Gasteiger partial charge in [-0.3, -0.25) is 0 Å². The molecule has 0 aromatic heterocycles. The van der Waals surface area contributed by atoms with Gasteiger partial charge in [0.15, 0.2) is 0 Å². The van der Waals surface area contributed by atoms with Gasteiger partial charge in [0.1, 0.15) is 0 Å². The summed E-state index contributed by atoms with van der Waals surface area (Å²) in [6.45, 7) is 4.63. The molecule has 2 N–H and O–H groups in total. The summed E-state index contributed by atoms with van der Waals surface area (Å²) in [7, 11) is 4.46. The summed E-state index contributed by atoms with van der Waals surface area (Å²) in [4.78, 5) is 4.93. The molecule has 1 aromatic rings. The molecule has 112 valence electrons. The van der Waals surface area contributed by atoms with Crippen LogP contribution in [0.3, 0.4) is 0 Å². The van der Waals surface area contributed by atoms with Gasteiger partial charge in [-0.2, -0.15) is 0 Å². The number of nitrogen functional groups attached to an aromatic ring is 1. The molecule has 0 bridgehead atoms. The van der Waals surface area contributed by atoms with Crippen LogP contribution in [0.2, 0.25) is 0 Å². The van der Waals surface area contributed by atoms with Crippen LogP contribution in [0.4, 0.5) is 11.4 Å². The Morgan fingerprint density at radius 2 is 2.00 bits per heavy atom. The molecule has 0 aliphatic carbocycles. The van der Waals surface area contributed by atoms with E-state index in [-0.39, 0.29) is 0 Å². The third-order valence-electron chi connectivity index (χ3n) is 4.54. The molecule has 0 amide bonds. The molecule has 2 unspecified atom stereocenters. The molecule has 1 heterocycles. The molecule has 1 aromatic carbocycles. The Hall–Kier alpha value is -1.22. The van der Waals surface area contributed by atoms with Crippen molar-refractivity contribution >= 4 is 11.4 Å². The van der Waals surface area contributed by atoms with Gasteiger partial charge in [0, 0.05) is 30.5 Å². The van der Waals surface area contributed by atoms with Crippen molar-refractivity contribution < 1.29 is 0 Å². The minimum atomic E-state index is 0.716. The summed E-state index contributed by atoms with van der Waals surface area (Å²) >= 11 is 0. The SMILES string of the molecule is CCCCC(C1CCN(c2ccc(N)cc2)C1)N(C)C. The molecule has 0 saturated carbocycles. The van der Waals surface area contributed by atoms with Gasteiger partial charge in [-0.15, -0.1) is 0 Å². The average molecular weight is 275 g/mol. The first-order valence-corrected chi connectivity index (χ1v) is 7.88. The van der Waals surface area contributed by atoms with E-state index < -0.39 is 0 Å². The fraction of sp³-hybridized carbons (Fsp3) is 0.647. The molecule has 1 aliphatic rings. The van der Waals surface area contributed by atoms with Crippen molar-refractivity contribution in [3.05, 3.63) is 24.3 Å². The summed E-state index contributed by atoms with van der Waals surface area (Å²) in [5.41, 5.74) is 7.93. The topological polar surface area (TPSA) is 32.5 Å². The second kappa shape index (κ2) is 6.98. The molecular weight excluding hydrogens is 246 g/mol. The summed E-state index contributed by atoms with van der Waals surface area (Å²) in [6, 6.07) is 9.02. The number of nitrogens with two attached hydrogens (primary N) is 1. The first-order valence-electron chi connectivity index (χ1n) is 7.88. The number of benzene rings is 1. The van der Waals surface area contributed by atoms with Gasteiger partial charge < -0.3 is 15.5 Å². The molecule has 3 heteroatoms. The Labute approximate surface area is 123 Å². The van der Waals surface area contributed by atoms with Crippen LogP contribution >= 0.6 is 0 Å². The van der Waals surface area contributed by atoms with Crippen molar-refractivity contribution in [1.82, 2.24) is 4.90 Å². The van der Waals surface area contributed by atoms with Crippen LogP contribution in [0.15, 0.2) is 24.3 Å². The summed E-state index contributed by atoms with van der Waals surface area (Å²) in [5.74, 6) is 0.786. The maximum atomic E-state index is 5.77. The van der Waals surface area contributed by atoms with E-state index in [0.29, 0.717) is 6.04 Å². The van der Waals surface area contributed by atoms with E-state index in [9.17, 15) is 0 Å². The molecular formula is C17H29N3. The van der Waals surface area contributed by atoms with Crippen molar-refractivity contribution in [3.63, 3.8) is 0 Å². The zero-order chi connectivity index (χ0) is 14.5. The van der Waals surface area contributed by atoms with Crippen molar-refractivity contribution in [1.29, 1.82) is 0 Å². The van der Waals surface area contributed by atoms with Crippen molar-refractivity contribution in [2.75, 3.05) is 37.8 Å². The van der Waals surface area contributed by atoms with Gasteiger partial charge >= 0.3 is 0 Å². The smallest absolute Gasteiger partial charge is 0.0367 e. The Kier molecular flexibility index (Phi) is 5.30. The lowest BCUT2D eigenvalue weighted by molar-refractivity contribution is 0.205. The molecule has 0 spiro atoms. The van der Waals surface area contributed by atoms with Crippen LogP contribution in [-0.4, -0.2) is 38.1 Å². The van der Waals surface area contributed by atoms with Gasteiger partial charge in [0.05, 0.1) is 0 Å². The second-order valence-corrected chi connectivity index (χ2v) is 6.26. The monoisotopic (exact) mass is 275 g/mol. The van der Waals surface area contributed by atoms with Crippen molar-refractivity contribution in [3.8, 4) is 0 Å². The minimum Gasteiger partial charge on any atom is -0.399 e. The van der Waals surface area contributed by atoms with Crippen molar-refractivity contribution in [2.45, 2.75) is 38.6 Å². The first-order chi connectivity index (χ1) is 9.61.